The number of aryl methyl sites for hydroxylation is 1. The zero-order valence-corrected chi connectivity index (χ0v) is 11.4. The third kappa shape index (κ3) is 2.36. The summed E-state index contributed by atoms with van der Waals surface area (Å²) in [5.74, 6) is -0.187. The Hall–Kier alpha value is -0.490. The van der Waals surface area contributed by atoms with Crippen molar-refractivity contribution in [3.8, 4) is 10.4 Å². The van der Waals surface area contributed by atoms with Crippen LogP contribution in [0.3, 0.4) is 0 Å². The molecule has 0 radical (unpaired) electrons. The molecule has 2 rings (SSSR count). The molecule has 1 aromatic carbocycles. The van der Waals surface area contributed by atoms with Crippen molar-refractivity contribution < 1.29 is 25.6 Å². The van der Waals surface area contributed by atoms with Gasteiger partial charge in [-0.2, -0.15) is 0 Å². The average Bonchev–Trinajstić information content (AvgIpc) is 2.61. The van der Waals surface area contributed by atoms with Crippen LogP contribution in [0.5, 0.6) is 0 Å². The maximum atomic E-state index is 12.8. The number of rotatable bonds is 2. The predicted molar refractivity (Wildman–Crippen MR) is 56.9 cm³/mol. The van der Waals surface area contributed by atoms with Crippen LogP contribution in [0.25, 0.3) is 10.4 Å². The number of halogens is 2. The van der Waals surface area contributed by atoms with Gasteiger partial charge in [0.2, 0.25) is 0 Å². The van der Waals surface area contributed by atoms with Gasteiger partial charge in [-0.1, -0.05) is 0 Å². The minimum absolute atomic E-state index is 0.0196. The van der Waals surface area contributed by atoms with Crippen LogP contribution in [0.1, 0.15) is 5.01 Å². The fourth-order valence-electron chi connectivity index (χ4n) is 1.31. The van der Waals surface area contributed by atoms with Crippen LogP contribution in [0.2, 0.25) is 0 Å². The Bertz CT molecular complexity index is 464. The molecular weight excluding hydrogens is 324 g/mol. The van der Waals surface area contributed by atoms with Gasteiger partial charge in [0.15, 0.2) is 0 Å². The summed E-state index contributed by atoms with van der Waals surface area (Å²) >= 11 is 1.67. The monoisotopic (exact) mass is 334 g/mol. The summed E-state index contributed by atoms with van der Waals surface area (Å²) in [4.78, 5) is 7.91. The molecule has 80 valence electrons. The van der Waals surface area contributed by atoms with Crippen LogP contribution >= 0.6 is 11.3 Å². The molecule has 4 heteroatoms. The average molecular weight is 334 g/mol. The fourth-order valence-corrected chi connectivity index (χ4v) is 4.54. The van der Waals surface area contributed by atoms with Gasteiger partial charge in [0.05, 0.1) is 0 Å². The zero-order chi connectivity index (χ0) is 10.8. The second kappa shape index (κ2) is 4.57. The molecule has 0 spiro atoms. The zero-order valence-electron chi connectivity index (χ0n) is 8.42. The molecule has 1 aromatic heterocycles. The van der Waals surface area contributed by atoms with Crippen LogP contribution in [-0.2, 0) is 0 Å². The van der Waals surface area contributed by atoms with Gasteiger partial charge in [0, 0.05) is 0 Å². The summed E-state index contributed by atoms with van der Waals surface area (Å²) in [5.41, 5.74) is 1.08. The van der Waals surface area contributed by atoms with Crippen molar-refractivity contribution in [2.75, 3.05) is 4.93 Å². The summed E-state index contributed by atoms with van der Waals surface area (Å²) in [7, 11) is 0. The number of thiazole rings is 1. The van der Waals surface area contributed by atoms with Crippen molar-refractivity contribution in [1.29, 1.82) is 0 Å². The maximum absolute atomic E-state index is 12.8. The number of alkyl halides is 1. The van der Waals surface area contributed by atoms with E-state index in [1.54, 1.807) is 11.3 Å². The van der Waals surface area contributed by atoms with Gasteiger partial charge >= 0.3 is 103 Å². The van der Waals surface area contributed by atoms with Gasteiger partial charge in [0.1, 0.15) is 0 Å². The first-order valence-electron chi connectivity index (χ1n) is 4.43. The van der Waals surface area contributed by atoms with Crippen molar-refractivity contribution in [3.63, 3.8) is 0 Å². The number of nitrogens with zero attached hydrogens (tertiary/aromatic N) is 1. The number of hydrogen-bond acceptors (Lipinski definition) is 2. The van der Waals surface area contributed by atoms with Crippen LogP contribution in [-0.4, -0.2) is 9.91 Å². The molecule has 2 aromatic rings. The SMILES string of the molecule is C[I-]c1nc(C)sc1-c1ccc(F)cc1. The second-order valence-electron chi connectivity index (χ2n) is 3.05. The first-order valence-corrected chi connectivity index (χ1v) is 8.49. The van der Waals surface area contributed by atoms with E-state index in [4.69, 9.17) is 0 Å². The van der Waals surface area contributed by atoms with E-state index in [1.807, 2.05) is 19.1 Å². The van der Waals surface area contributed by atoms with Crippen LogP contribution in [0, 0.1) is 16.4 Å². The summed E-state index contributed by atoms with van der Waals surface area (Å²) < 4.78 is 14.0. The van der Waals surface area contributed by atoms with Gasteiger partial charge in [0.25, 0.3) is 0 Å². The molecule has 1 heterocycles. The molecule has 0 fully saturated rings. The van der Waals surface area contributed by atoms with Gasteiger partial charge in [-0.05, 0) is 0 Å². The van der Waals surface area contributed by atoms with Crippen molar-refractivity contribution in [3.05, 3.63) is 38.8 Å². The third-order valence-corrected chi connectivity index (χ3v) is 5.17. The molecule has 0 saturated carbocycles. The summed E-state index contributed by atoms with van der Waals surface area (Å²) in [6, 6.07) is 6.65. The van der Waals surface area contributed by atoms with Crippen LogP contribution < -0.4 is 21.2 Å². The first-order chi connectivity index (χ1) is 7.20. The van der Waals surface area contributed by atoms with Crippen molar-refractivity contribution >= 4 is 11.3 Å². The molecule has 1 nitrogen and oxygen atoms in total. The number of hydrogen-bond donors (Lipinski definition) is 0. The van der Waals surface area contributed by atoms with E-state index < -0.39 is 0 Å². The molecule has 0 saturated heterocycles. The first kappa shape index (κ1) is 11.0. The quantitative estimate of drug-likeness (QED) is 0.563. The third-order valence-electron chi connectivity index (χ3n) is 1.98. The molecule has 0 atom stereocenters. The molecule has 0 unspecified atom stereocenters. The normalized spacial score (nSPS) is 10.9. The molecule has 0 bridgehead atoms. The van der Waals surface area contributed by atoms with Crippen molar-refractivity contribution in [2.45, 2.75) is 6.92 Å². The van der Waals surface area contributed by atoms with Crippen LogP contribution in [0.4, 0.5) is 4.39 Å². The van der Waals surface area contributed by atoms with Crippen molar-refractivity contribution in [1.82, 2.24) is 4.98 Å². The predicted octanol–water partition coefficient (Wildman–Crippen LogP) is 0.146. The Labute approximate surface area is 103 Å². The Morgan fingerprint density at radius 1 is 1.27 bits per heavy atom. The molecule has 0 N–H and O–H groups in total. The van der Waals surface area contributed by atoms with E-state index in [0.717, 1.165) is 10.6 Å². The summed E-state index contributed by atoms with van der Waals surface area (Å²) in [6.07, 6.45) is 0. The van der Waals surface area contributed by atoms with Crippen LogP contribution in [0.15, 0.2) is 24.3 Å². The molecular formula is C11H10FINS-. The van der Waals surface area contributed by atoms with E-state index >= 15 is 0 Å². The second-order valence-corrected chi connectivity index (χ2v) is 6.35. The topological polar surface area (TPSA) is 12.9 Å². The Balaban J connectivity index is 2.48. The van der Waals surface area contributed by atoms with E-state index in [9.17, 15) is 4.39 Å². The Morgan fingerprint density at radius 2 is 1.93 bits per heavy atom. The Kier molecular flexibility index (Phi) is 3.35. The summed E-state index contributed by atoms with van der Waals surface area (Å²) in [5, 5.41) is 1.09. The van der Waals surface area contributed by atoms with E-state index in [1.165, 1.54) is 20.7 Å². The van der Waals surface area contributed by atoms with E-state index in [-0.39, 0.29) is 27.0 Å². The standard InChI is InChI=1S/C11H10FINS/c1-7-14-11(13-2)10(15-7)8-3-5-9(12)6-4-8/h3-6H,1-2H3/q-1. The van der Waals surface area contributed by atoms with Gasteiger partial charge < -0.3 is 0 Å². The number of benzene rings is 1. The van der Waals surface area contributed by atoms with Gasteiger partial charge in [-0.25, -0.2) is 0 Å². The van der Waals surface area contributed by atoms with Gasteiger partial charge in [-0.3, -0.25) is 0 Å². The molecule has 15 heavy (non-hydrogen) atoms. The molecule has 0 amide bonds. The minimum atomic E-state index is -0.187. The molecule has 0 aliphatic rings. The van der Waals surface area contributed by atoms with Gasteiger partial charge in [-0.15, -0.1) is 0 Å². The van der Waals surface area contributed by atoms with E-state index in [0.29, 0.717) is 0 Å². The molecule has 0 aliphatic carbocycles. The van der Waals surface area contributed by atoms with Crippen molar-refractivity contribution in [2.24, 2.45) is 0 Å². The Morgan fingerprint density at radius 3 is 2.53 bits per heavy atom. The molecule has 0 aliphatic heterocycles. The fraction of sp³-hybridized carbons (Fsp3) is 0.182. The summed E-state index contributed by atoms with van der Waals surface area (Å²) in [6.45, 7) is 2.01. The number of aromatic nitrogens is 1. The van der Waals surface area contributed by atoms with E-state index in [2.05, 4.69) is 9.91 Å².